The molecule has 8 N–H and O–H groups in total. The molecule has 16 heteroatoms. The fourth-order valence-electron chi connectivity index (χ4n) is 8.50. The van der Waals surface area contributed by atoms with Crippen molar-refractivity contribution in [3.8, 4) is 0 Å². The molecule has 5 heterocycles. The third-order valence-corrected chi connectivity index (χ3v) is 11.7. The molecule has 2 aliphatic heterocycles. The number of H-pyrrole nitrogens is 2. The van der Waals surface area contributed by atoms with Crippen molar-refractivity contribution >= 4 is 82.1 Å². The van der Waals surface area contributed by atoms with E-state index >= 15 is 0 Å². The van der Waals surface area contributed by atoms with E-state index < -0.39 is 47.8 Å². The molecule has 3 aromatic heterocycles. The minimum absolute atomic E-state index is 0.150. The van der Waals surface area contributed by atoms with E-state index in [-0.39, 0.29) is 46.2 Å². The third kappa shape index (κ3) is 10.0. The molecule has 0 saturated heterocycles. The standard InChI is InChI=1S/C54H40N6O10/c61-49(31-21-33(51(63)64)25-34(22-31)52(65)66)59-45(19-29-7-3-1-4-8-29)47-41-15-11-37(55-41)27-39-13-17-43(57-39)48(44-18-14-40(58-44)28-38-12-16-42(47)56-38)46(20-30-9-5-2-6-10-30)60-50(62)32-23-35(53(67)68)26-36(24-32)54(69)70/h1-18,21-28,45-46,55-56H,19-20H2,(H,59,61)(H,60,62)(H,63,64)(H,65,66)(H,67,68)(H,69,70)/t45-,46-/m0/s1. The fourth-order valence-corrected chi connectivity index (χ4v) is 8.50. The highest BCUT2D eigenvalue weighted by Gasteiger charge is 2.27. The van der Waals surface area contributed by atoms with Gasteiger partial charge in [0, 0.05) is 44.3 Å². The van der Waals surface area contributed by atoms with Crippen molar-refractivity contribution in [2.45, 2.75) is 24.9 Å². The van der Waals surface area contributed by atoms with Gasteiger partial charge in [-0.05, 0) is 121 Å². The summed E-state index contributed by atoms with van der Waals surface area (Å²) in [6.45, 7) is 0. The van der Waals surface area contributed by atoms with Crippen molar-refractivity contribution in [2.24, 2.45) is 0 Å². The van der Waals surface area contributed by atoms with Gasteiger partial charge in [-0.15, -0.1) is 0 Å². The number of aromatic amines is 2. The lowest BCUT2D eigenvalue weighted by Crippen LogP contribution is -2.31. The molecule has 0 fully saturated rings. The van der Waals surface area contributed by atoms with Crippen LogP contribution in [0.4, 0.5) is 0 Å². The number of carbonyl (C=O) groups excluding carboxylic acids is 2. The van der Waals surface area contributed by atoms with Crippen molar-refractivity contribution < 1.29 is 49.2 Å². The average molecular weight is 933 g/mol. The lowest BCUT2D eigenvalue weighted by molar-refractivity contribution is 0.0675. The molecule has 0 spiro atoms. The lowest BCUT2D eigenvalue weighted by Gasteiger charge is -2.21. The van der Waals surface area contributed by atoms with Crippen LogP contribution in [0.5, 0.6) is 0 Å². The zero-order valence-corrected chi connectivity index (χ0v) is 36.7. The highest BCUT2D eigenvalue weighted by Crippen LogP contribution is 2.32. The summed E-state index contributed by atoms with van der Waals surface area (Å²) in [6.07, 6.45) is 7.72. The van der Waals surface area contributed by atoms with Crippen molar-refractivity contribution in [1.29, 1.82) is 0 Å². The van der Waals surface area contributed by atoms with E-state index in [9.17, 15) is 49.2 Å². The number of amides is 2. The molecule has 2 amide bonds. The molecule has 8 bridgehead atoms. The summed E-state index contributed by atoms with van der Waals surface area (Å²) in [5, 5.41) is 45.2. The van der Waals surface area contributed by atoms with E-state index in [1.165, 1.54) is 0 Å². The van der Waals surface area contributed by atoms with Crippen LogP contribution in [0, 0.1) is 0 Å². The van der Waals surface area contributed by atoms with E-state index in [2.05, 4.69) is 20.6 Å². The fraction of sp³-hybridized carbons (Fsp3) is 0.0741. The molecule has 346 valence electrons. The highest BCUT2D eigenvalue weighted by atomic mass is 16.4. The minimum atomic E-state index is -1.39. The number of aromatic nitrogens is 4. The normalized spacial score (nSPS) is 12.5. The molecule has 0 unspecified atom stereocenters. The first-order valence-electron chi connectivity index (χ1n) is 21.8. The number of carbonyl (C=O) groups is 6. The zero-order chi connectivity index (χ0) is 49.1. The Balaban J connectivity index is 1.20. The molecule has 9 rings (SSSR count). The van der Waals surface area contributed by atoms with Gasteiger partial charge in [0.25, 0.3) is 11.8 Å². The number of carboxylic acids is 4. The third-order valence-electron chi connectivity index (χ3n) is 11.7. The van der Waals surface area contributed by atoms with E-state index in [1.54, 1.807) is 24.3 Å². The van der Waals surface area contributed by atoms with E-state index in [4.69, 9.17) is 9.97 Å². The van der Waals surface area contributed by atoms with Crippen LogP contribution in [0.2, 0.25) is 0 Å². The number of hydrogen-bond acceptors (Lipinski definition) is 8. The summed E-state index contributed by atoms with van der Waals surface area (Å²) < 4.78 is 0. The molecule has 0 saturated carbocycles. The number of rotatable bonds is 14. The van der Waals surface area contributed by atoms with Crippen LogP contribution < -0.4 is 10.6 Å². The summed E-state index contributed by atoms with van der Waals surface area (Å²) in [7, 11) is 0. The first-order chi connectivity index (χ1) is 33.7. The van der Waals surface area contributed by atoms with Gasteiger partial charge in [-0.2, -0.15) is 0 Å². The van der Waals surface area contributed by atoms with Crippen molar-refractivity contribution in [2.75, 3.05) is 0 Å². The summed E-state index contributed by atoms with van der Waals surface area (Å²) in [5.41, 5.74) is 5.60. The van der Waals surface area contributed by atoms with Crippen LogP contribution in [0.3, 0.4) is 0 Å². The number of nitrogens with zero attached hydrogens (tertiary/aromatic N) is 2. The Labute approximate surface area is 397 Å². The van der Waals surface area contributed by atoms with Gasteiger partial charge in [-0.25, -0.2) is 29.1 Å². The van der Waals surface area contributed by atoms with Gasteiger partial charge in [-0.1, -0.05) is 60.7 Å². The average Bonchev–Trinajstić information content (AvgIpc) is 4.20. The molecule has 2 aliphatic rings. The maximum absolute atomic E-state index is 14.2. The molecular weight excluding hydrogens is 893 g/mol. The van der Waals surface area contributed by atoms with Gasteiger partial charge in [-0.3, -0.25) is 9.59 Å². The van der Waals surface area contributed by atoms with Crippen molar-refractivity contribution in [3.63, 3.8) is 0 Å². The Morgan fingerprint density at radius 2 is 0.786 bits per heavy atom. The predicted octanol–water partition coefficient (Wildman–Crippen LogP) is 8.88. The highest BCUT2D eigenvalue weighted by molar-refractivity contribution is 6.03. The maximum Gasteiger partial charge on any atom is 0.335 e. The number of nitrogens with one attached hydrogen (secondary N) is 4. The smallest absolute Gasteiger partial charge is 0.335 e. The van der Waals surface area contributed by atoms with Gasteiger partial charge in [0.05, 0.1) is 57.1 Å². The van der Waals surface area contributed by atoms with Crippen LogP contribution in [-0.4, -0.2) is 76.1 Å². The largest absolute Gasteiger partial charge is 0.478 e. The Hall–Kier alpha value is -9.70. The van der Waals surface area contributed by atoms with Crippen molar-refractivity contribution in [1.82, 2.24) is 30.6 Å². The second-order valence-electron chi connectivity index (χ2n) is 16.5. The SMILES string of the molecule is O=C(O)c1cc(C(=O)O)cc(C(=O)N[C@@H](Cc2ccccc2)c2c3nc(cc4ccc([nH]4)c([C@H](Cc4ccccc4)NC(=O)c4cc(C(=O)O)cc(C(=O)O)c4)c4ccc(cc5nc2C=C5)[nH]4)C=C3)c1. The number of fused-ring (bicyclic) bond motifs is 8. The van der Waals surface area contributed by atoms with Crippen LogP contribution in [0.1, 0.15) is 119 Å². The Morgan fingerprint density at radius 3 is 1.16 bits per heavy atom. The van der Waals surface area contributed by atoms with Crippen LogP contribution in [0.25, 0.3) is 46.4 Å². The number of hydrogen-bond donors (Lipinski definition) is 8. The van der Waals surface area contributed by atoms with Gasteiger partial charge in [0.2, 0.25) is 0 Å². The summed E-state index contributed by atoms with van der Waals surface area (Å²) in [5.74, 6) is -6.98. The monoisotopic (exact) mass is 932 g/mol. The van der Waals surface area contributed by atoms with Gasteiger partial charge >= 0.3 is 23.9 Å². The Kier molecular flexibility index (Phi) is 12.5. The quantitative estimate of drug-likeness (QED) is 0.0508. The first-order valence-corrected chi connectivity index (χ1v) is 21.8. The van der Waals surface area contributed by atoms with Crippen LogP contribution in [0.15, 0.2) is 133 Å². The predicted molar refractivity (Wildman–Crippen MR) is 260 cm³/mol. The Bertz CT molecular complexity index is 3360. The van der Waals surface area contributed by atoms with Crippen LogP contribution in [-0.2, 0) is 12.8 Å². The minimum Gasteiger partial charge on any atom is -0.478 e. The molecular formula is C54H40N6O10. The molecule has 16 nitrogen and oxygen atoms in total. The summed E-state index contributed by atoms with van der Waals surface area (Å²) >= 11 is 0. The van der Waals surface area contributed by atoms with Crippen LogP contribution >= 0.6 is 0 Å². The van der Waals surface area contributed by atoms with E-state index in [1.807, 2.05) is 97.1 Å². The molecule has 2 atom stereocenters. The lowest BCUT2D eigenvalue weighted by atomic mass is 9.95. The molecule has 70 heavy (non-hydrogen) atoms. The topological polar surface area (TPSA) is 265 Å². The van der Waals surface area contributed by atoms with E-state index in [0.29, 0.717) is 56.0 Å². The molecule has 7 aromatic rings. The van der Waals surface area contributed by atoms with Gasteiger partial charge < -0.3 is 41.0 Å². The first kappa shape index (κ1) is 45.5. The second-order valence-corrected chi connectivity index (χ2v) is 16.5. The van der Waals surface area contributed by atoms with Gasteiger partial charge in [0.1, 0.15) is 0 Å². The number of carboxylic acid groups (broad SMARTS) is 4. The number of benzene rings is 4. The molecule has 0 radical (unpaired) electrons. The van der Waals surface area contributed by atoms with Gasteiger partial charge in [0.15, 0.2) is 0 Å². The second kappa shape index (κ2) is 19.3. The van der Waals surface area contributed by atoms with E-state index in [0.717, 1.165) is 47.5 Å². The van der Waals surface area contributed by atoms with Crippen molar-refractivity contribution in [3.05, 3.63) is 212 Å². The Morgan fingerprint density at radius 1 is 0.429 bits per heavy atom. The molecule has 4 aromatic carbocycles. The molecule has 0 aliphatic carbocycles. The summed E-state index contributed by atoms with van der Waals surface area (Å²) in [4.78, 5) is 93.4. The summed E-state index contributed by atoms with van der Waals surface area (Å²) in [6, 6.07) is 34.8. The number of aromatic carboxylic acids is 4. The maximum atomic E-state index is 14.2. The zero-order valence-electron chi connectivity index (χ0n) is 36.7.